The van der Waals surface area contributed by atoms with Gasteiger partial charge < -0.3 is 5.32 Å². The zero-order chi connectivity index (χ0) is 18.1. The molecule has 0 aliphatic rings. The van der Waals surface area contributed by atoms with Gasteiger partial charge in [0.15, 0.2) is 5.65 Å². The van der Waals surface area contributed by atoms with E-state index >= 15 is 0 Å². The van der Waals surface area contributed by atoms with E-state index in [2.05, 4.69) is 15.4 Å². The van der Waals surface area contributed by atoms with Crippen molar-refractivity contribution < 1.29 is 4.79 Å². The molecule has 0 bridgehead atoms. The van der Waals surface area contributed by atoms with Crippen molar-refractivity contribution >= 4 is 40.1 Å². The third-order valence-electron chi connectivity index (χ3n) is 3.96. The van der Waals surface area contributed by atoms with Crippen LogP contribution in [0, 0.1) is 0 Å². The van der Waals surface area contributed by atoms with Gasteiger partial charge >= 0.3 is 0 Å². The summed E-state index contributed by atoms with van der Waals surface area (Å²) in [4.78, 5) is 16.9. The second-order valence-corrected chi connectivity index (χ2v) is 7.02. The van der Waals surface area contributed by atoms with Crippen LogP contribution in [-0.4, -0.2) is 20.7 Å². The van der Waals surface area contributed by atoms with Gasteiger partial charge in [0.1, 0.15) is 0 Å². The lowest BCUT2D eigenvalue weighted by atomic mass is 10.1. The SMILES string of the molecule is CC(NC(=O)c1cnc2c(cnn2C(C)C)c1)c1ccc(Cl)cc1Cl. The Labute approximate surface area is 156 Å². The molecule has 25 heavy (non-hydrogen) atoms. The number of amides is 1. The Bertz CT molecular complexity index is 936. The van der Waals surface area contributed by atoms with Crippen molar-refractivity contribution in [1.82, 2.24) is 20.1 Å². The fourth-order valence-electron chi connectivity index (χ4n) is 2.65. The lowest BCUT2D eigenvalue weighted by Crippen LogP contribution is -2.27. The minimum Gasteiger partial charge on any atom is -0.345 e. The molecular formula is C18H18Cl2N4O. The first-order valence-corrected chi connectivity index (χ1v) is 8.71. The first kappa shape index (κ1) is 17.7. The van der Waals surface area contributed by atoms with Crippen molar-refractivity contribution in [2.45, 2.75) is 32.9 Å². The molecule has 0 aliphatic carbocycles. The van der Waals surface area contributed by atoms with Crippen LogP contribution in [0.3, 0.4) is 0 Å². The van der Waals surface area contributed by atoms with Gasteiger partial charge in [-0.05, 0) is 44.5 Å². The molecule has 1 N–H and O–H groups in total. The Kier molecular flexibility index (Phi) is 4.97. The maximum atomic E-state index is 12.5. The minimum atomic E-state index is -0.258. The van der Waals surface area contributed by atoms with E-state index in [1.54, 1.807) is 30.6 Å². The number of halogens is 2. The molecule has 3 aromatic rings. The first-order valence-electron chi connectivity index (χ1n) is 7.96. The average Bonchev–Trinajstić information content (AvgIpc) is 2.97. The maximum Gasteiger partial charge on any atom is 0.253 e. The number of carbonyl (C=O) groups is 1. The van der Waals surface area contributed by atoms with Crippen LogP contribution in [0.2, 0.25) is 10.0 Å². The molecule has 5 nitrogen and oxygen atoms in total. The zero-order valence-electron chi connectivity index (χ0n) is 14.1. The average molecular weight is 377 g/mol. The van der Waals surface area contributed by atoms with Crippen LogP contribution < -0.4 is 5.32 Å². The Hall–Kier alpha value is -2.11. The highest BCUT2D eigenvalue weighted by atomic mass is 35.5. The molecule has 0 fully saturated rings. The number of nitrogens with one attached hydrogen (secondary N) is 1. The molecule has 7 heteroatoms. The van der Waals surface area contributed by atoms with E-state index in [0.29, 0.717) is 15.6 Å². The molecule has 1 amide bonds. The molecule has 0 saturated carbocycles. The van der Waals surface area contributed by atoms with Gasteiger partial charge in [-0.25, -0.2) is 9.67 Å². The second kappa shape index (κ2) is 7.02. The molecule has 1 aromatic carbocycles. The van der Waals surface area contributed by atoms with Crippen LogP contribution in [0.5, 0.6) is 0 Å². The second-order valence-electron chi connectivity index (χ2n) is 6.18. The number of fused-ring (bicyclic) bond motifs is 1. The van der Waals surface area contributed by atoms with Crippen LogP contribution in [-0.2, 0) is 0 Å². The lowest BCUT2D eigenvalue weighted by Gasteiger charge is -2.16. The number of hydrogen-bond acceptors (Lipinski definition) is 3. The largest absolute Gasteiger partial charge is 0.345 e. The third kappa shape index (κ3) is 3.62. The van der Waals surface area contributed by atoms with Gasteiger partial charge in [0.2, 0.25) is 0 Å². The summed E-state index contributed by atoms with van der Waals surface area (Å²) < 4.78 is 1.83. The molecule has 0 spiro atoms. The van der Waals surface area contributed by atoms with E-state index in [0.717, 1.165) is 16.6 Å². The van der Waals surface area contributed by atoms with Crippen LogP contribution in [0.4, 0.5) is 0 Å². The normalized spacial score (nSPS) is 12.6. The fourth-order valence-corrected chi connectivity index (χ4v) is 3.22. The van der Waals surface area contributed by atoms with E-state index in [-0.39, 0.29) is 18.0 Å². The highest BCUT2D eigenvalue weighted by Crippen LogP contribution is 2.26. The summed E-state index contributed by atoms with van der Waals surface area (Å²) in [6.07, 6.45) is 3.28. The number of carbonyl (C=O) groups excluding carboxylic acids is 1. The summed E-state index contributed by atoms with van der Waals surface area (Å²) in [6, 6.07) is 6.96. The molecule has 3 rings (SSSR count). The molecular weight excluding hydrogens is 359 g/mol. The number of aromatic nitrogens is 3. The molecule has 0 radical (unpaired) electrons. The summed E-state index contributed by atoms with van der Waals surface area (Å²) in [6.45, 7) is 5.94. The van der Waals surface area contributed by atoms with E-state index in [4.69, 9.17) is 23.2 Å². The summed E-state index contributed by atoms with van der Waals surface area (Å²) in [7, 11) is 0. The predicted molar refractivity (Wildman–Crippen MR) is 100 cm³/mol. The molecule has 2 aromatic heterocycles. The predicted octanol–water partition coefficient (Wildman–Crippen LogP) is 4.81. The van der Waals surface area contributed by atoms with Gasteiger partial charge in [0.05, 0.1) is 17.8 Å². The van der Waals surface area contributed by atoms with Crippen LogP contribution in [0.15, 0.2) is 36.7 Å². The molecule has 130 valence electrons. The summed E-state index contributed by atoms with van der Waals surface area (Å²) >= 11 is 12.1. The molecule has 1 atom stereocenters. The quantitative estimate of drug-likeness (QED) is 0.710. The highest BCUT2D eigenvalue weighted by Gasteiger charge is 2.16. The minimum absolute atomic E-state index is 0.205. The highest BCUT2D eigenvalue weighted by molar-refractivity contribution is 6.35. The van der Waals surface area contributed by atoms with Crippen molar-refractivity contribution in [2.75, 3.05) is 0 Å². The number of benzene rings is 1. The number of rotatable bonds is 4. The van der Waals surface area contributed by atoms with Crippen LogP contribution in [0.25, 0.3) is 11.0 Å². The van der Waals surface area contributed by atoms with E-state index < -0.39 is 0 Å². The summed E-state index contributed by atoms with van der Waals surface area (Å²) in [5.74, 6) is -0.217. The Balaban J connectivity index is 1.82. The summed E-state index contributed by atoms with van der Waals surface area (Å²) in [5, 5.41) is 9.16. The Morgan fingerprint density at radius 1 is 1.16 bits per heavy atom. The topological polar surface area (TPSA) is 59.8 Å². The van der Waals surface area contributed by atoms with Crippen molar-refractivity contribution in [3.05, 3.63) is 57.8 Å². The van der Waals surface area contributed by atoms with Gasteiger partial charge in [-0.1, -0.05) is 29.3 Å². The van der Waals surface area contributed by atoms with Gasteiger partial charge in [-0.2, -0.15) is 5.10 Å². The van der Waals surface area contributed by atoms with Gasteiger partial charge in [-0.3, -0.25) is 4.79 Å². The number of pyridine rings is 1. The van der Waals surface area contributed by atoms with Gasteiger partial charge in [-0.15, -0.1) is 0 Å². The zero-order valence-corrected chi connectivity index (χ0v) is 15.6. The molecule has 0 aliphatic heterocycles. The monoisotopic (exact) mass is 376 g/mol. The van der Waals surface area contributed by atoms with Gasteiger partial charge in [0, 0.05) is 27.7 Å². The Morgan fingerprint density at radius 3 is 2.60 bits per heavy atom. The van der Waals surface area contributed by atoms with Crippen LogP contribution in [0.1, 0.15) is 48.8 Å². The van der Waals surface area contributed by atoms with Crippen molar-refractivity contribution in [1.29, 1.82) is 0 Å². The number of nitrogens with zero attached hydrogens (tertiary/aromatic N) is 3. The Morgan fingerprint density at radius 2 is 1.92 bits per heavy atom. The maximum absolute atomic E-state index is 12.5. The van der Waals surface area contributed by atoms with Crippen LogP contribution >= 0.6 is 23.2 Å². The molecule has 1 unspecified atom stereocenters. The number of hydrogen-bond donors (Lipinski definition) is 1. The van der Waals surface area contributed by atoms with Gasteiger partial charge in [0.25, 0.3) is 5.91 Å². The van der Waals surface area contributed by atoms with Crippen molar-refractivity contribution in [3.63, 3.8) is 0 Å². The molecule has 2 heterocycles. The smallest absolute Gasteiger partial charge is 0.253 e. The van der Waals surface area contributed by atoms with E-state index in [9.17, 15) is 4.79 Å². The van der Waals surface area contributed by atoms with E-state index in [1.807, 2.05) is 31.5 Å². The lowest BCUT2D eigenvalue weighted by molar-refractivity contribution is 0.0939. The standard InChI is InChI=1S/C18H18Cl2N4O/c1-10(2)24-17-12(9-22-24)6-13(8-21-17)18(25)23-11(3)15-5-4-14(19)7-16(15)20/h4-11H,1-3H3,(H,23,25). The van der Waals surface area contributed by atoms with E-state index in [1.165, 1.54) is 0 Å². The molecule has 0 saturated heterocycles. The summed E-state index contributed by atoms with van der Waals surface area (Å²) in [5.41, 5.74) is 2.05. The fraction of sp³-hybridized carbons (Fsp3) is 0.278. The van der Waals surface area contributed by atoms with Crippen molar-refractivity contribution in [2.24, 2.45) is 0 Å². The third-order valence-corrected chi connectivity index (χ3v) is 4.52. The first-order chi connectivity index (χ1) is 11.9. The van der Waals surface area contributed by atoms with Crippen molar-refractivity contribution in [3.8, 4) is 0 Å².